The van der Waals surface area contributed by atoms with Crippen LogP contribution in [0.5, 0.6) is 11.5 Å². The summed E-state index contributed by atoms with van der Waals surface area (Å²) in [5, 5.41) is 41.3. The fraction of sp³-hybridized carbons (Fsp3) is 0.167. The number of benzene rings is 4. The third-order valence-corrected chi connectivity index (χ3v) is 10.1. The number of nitrogens with one attached hydrogen (secondary N) is 1. The van der Waals surface area contributed by atoms with E-state index in [0.717, 1.165) is 11.1 Å². The lowest BCUT2D eigenvalue weighted by atomic mass is 10.1. The van der Waals surface area contributed by atoms with Gasteiger partial charge in [-0.25, -0.2) is 9.97 Å². The number of aromatic nitrogens is 6. The lowest BCUT2D eigenvalue weighted by Crippen LogP contribution is -2.05. The van der Waals surface area contributed by atoms with Crippen LogP contribution in [0, 0.1) is 0 Å². The summed E-state index contributed by atoms with van der Waals surface area (Å²) in [4.78, 5) is 8.29. The second-order valence-corrected chi connectivity index (χ2v) is 14.0. The number of thioether (sulfide) groups is 1. The number of anilines is 1. The van der Waals surface area contributed by atoms with Gasteiger partial charge in [0.15, 0.2) is 11.5 Å². The van der Waals surface area contributed by atoms with E-state index >= 15 is 0 Å². The van der Waals surface area contributed by atoms with Crippen LogP contribution in [0.15, 0.2) is 78.2 Å². The molecule has 0 aliphatic rings. The number of phenolic OH excluding ortho intramolecular Hbond substituents is 2. The normalized spacial score (nSPS) is 9.93. The maximum Gasteiger partial charge on any atom is 0.242 e. The van der Waals surface area contributed by atoms with Crippen LogP contribution >= 0.6 is 105 Å². The molecule has 55 heavy (non-hydrogen) atoms. The fourth-order valence-electron chi connectivity index (χ4n) is 3.97. The third kappa shape index (κ3) is 13.8. The van der Waals surface area contributed by atoms with Gasteiger partial charge in [0, 0.05) is 24.2 Å². The molecule has 0 bridgehead atoms. The summed E-state index contributed by atoms with van der Waals surface area (Å²) in [5.74, 6) is 0.0131. The van der Waals surface area contributed by atoms with E-state index < -0.39 is 0 Å². The van der Waals surface area contributed by atoms with Crippen LogP contribution in [-0.2, 0) is 13.1 Å². The van der Waals surface area contributed by atoms with Gasteiger partial charge >= 0.3 is 0 Å². The third-order valence-electron chi connectivity index (χ3n) is 6.63. The second-order valence-electron chi connectivity index (χ2n) is 10.1. The molecule has 294 valence electrons. The minimum atomic E-state index is -0.176. The molecule has 0 aliphatic heterocycles. The Hall–Kier alpha value is -3.07. The molecule has 2 aromatic heterocycles. The molecule has 0 saturated carbocycles. The van der Waals surface area contributed by atoms with Crippen molar-refractivity contribution in [2.75, 3.05) is 11.6 Å². The molecule has 2 heterocycles. The lowest BCUT2D eigenvalue weighted by molar-refractivity contribution is 0.475. The summed E-state index contributed by atoms with van der Waals surface area (Å²) in [5.41, 5.74) is 9.35. The Morgan fingerprint density at radius 2 is 1.04 bits per heavy atom. The molecular formula is C36H36Cl8N8O2S. The van der Waals surface area contributed by atoms with Gasteiger partial charge < -0.3 is 21.3 Å². The second kappa shape index (κ2) is 23.9. The predicted molar refractivity (Wildman–Crippen MR) is 234 cm³/mol. The van der Waals surface area contributed by atoms with Gasteiger partial charge in [-0.3, -0.25) is 0 Å². The Morgan fingerprint density at radius 3 is 1.42 bits per heavy atom. The van der Waals surface area contributed by atoms with Crippen LogP contribution in [0.4, 0.5) is 5.95 Å². The van der Waals surface area contributed by atoms with Gasteiger partial charge in [-0.05, 0) is 53.8 Å². The van der Waals surface area contributed by atoms with E-state index in [0.29, 0.717) is 66.8 Å². The summed E-state index contributed by atoms with van der Waals surface area (Å²) in [6, 6.07) is 17.0. The van der Waals surface area contributed by atoms with E-state index in [2.05, 4.69) is 35.7 Å². The van der Waals surface area contributed by atoms with Crippen molar-refractivity contribution in [3.63, 3.8) is 0 Å². The quantitative estimate of drug-likeness (QED) is 0.113. The number of nitrogens with zero attached hydrogens (tertiary/aromatic N) is 6. The van der Waals surface area contributed by atoms with E-state index in [1.807, 2.05) is 30.5 Å². The molecule has 4 aromatic carbocycles. The van der Waals surface area contributed by atoms with Crippen molar-refractivity contribution in [1.82, 2.24) is 30.4 Å². The van der Waals surface area contributed by atoms with Gasteiger partial charge in [0.1, 0.15) is 11.4 Å². The maximum atomic E-state index is 9.60. The van der Waals surface area contributed by atoms with Crippen LogP contribution < -0.4 is 11.1 Å². The predicted octanol–water partition coefficient (Wildman–Crippen LogP) is 13.1. The Bertz CT molecular complexity index is 2110. The Kier molecular flexibility index (Phi) is 21.7. The van der Waals surface area contributed by atoms with E-state index in [1.165, 1.54) is 30.1 Å². The zero-order valence-corrected chi connectivity index (χ0v) is 33.3. The monoisotopic (exact) mass is 924 g/mol. The molecule has 0 unspecified atom stereocenters. The molecule has 0 atom stereocenters. The molecule has 0 spiro atoms. The molecular weight excluding hydrogens is 892 g/mol. The van der Waals surface area contributed by atoms with Gasteiger partial charge in [-0.15, -0.1) is 20.4 Å². The van der Waals surface area contributed by atoms with E-state index in [1.54, 1.807) is 30.5 Å². The van der Waals surface area contributed by atoms with Gasteiger partial charge in [0.25, 0.3) is 0 Å². The maximum absolute atomic E-state index is 9.60. The standard InChI is InChI=1S/C16H10Cl4N4O.C10H7Cl2N3OS.C7H7Cl2N.3CH4/c17-10-3-1-2-8(14(10)20)6-21-16-22-7-13(23-24-16)9-4-11(18)15(25)12(19)5-9;1-17-10-13-4-8(14-15-10)5-2-6(11)9(16)7(12)3-5;8-6-3-1-2-5(4-10)7(6)9;;;/h1-5,7,25H,6H2,(H,21,22,24);2-4,16H,1H3;1-3H,4,10H2;3*1H4. The molecule has 0 fully saturated rings. The first kappa shape index (κ1) is 49.9. The van der Waals surface area contributed by atoms with Crippen molar-refractivity contribution in [2.45, 2.75) is 40.5 Å². The molecule has 6 rings (SSSR count). The first-order chi connectivity index (χ1) is 24.8. The average molecular weight is 928 g/mol. The number of phenols is 2. The molecule has 0 saturated heterocycles. The average Bonchev–Trinajstić information content (AvgIpc) is 3.15. The number of rotatable bonds is 7. The Labute approximate surface area is 364 Å². The molecule has 6 aromatic rings. The topological polar surface area (TPSA) is 156 Å². The van der Waals surface area contributed by atoms with Crippen molar-refractivity contribution < 1.29 is 10.2 Å². The van der Waals surface area contributed by atoms with Crippen LogP contribution in [0.3, 0.4) is 0 Å². The molecule has 10 nitrogen and oxygen atoms in total. The highest BCUT2D eigenvalue weighted by molar-refractivity contribution is 7.98. The number of hydrogen-bond acceptors (Lipinski definition) is 11. The highest BCUT2D eigenvalue weighted by Gasteiger charge is 2.12. The highest BCUT2D eigenvalue weighted by Crippen LogP contribution is 2.37. The van der Waals surface area contributed by atoms with Crippen LogP contribution in [0.1, 0.15) is 33.4 Å². The van der Waals surface area contributed by atoms with Crippen LogP contribution in [0.2, 0.25) is 40.2 Å². The summed E-state index contributed by atoms with van der Waals surface area (Å²) >= 11 is 48.5. The minimum Gasteiger partial charge on any atom is -0.505 e. The summed E-state index contributed by atoms with van der Waals surface area (Å²) in [7, 11) is 0. The molecule has 19 heteroatoms. The molecule has 5 N–H and O–H groups in total. The Morgan fingerprint density at radius 1 is 0.600 bits per heavy atom. The largest absolute Gasteiger partial charge is 0.505 e. The SMILES string of the molecule is C.C.C.CSc1ncc(-c2cc(Cl)c(O)c(Cl)c2)nn1.NCc1cccc(Cl)c1Cl.Oc1c(Cl)cc(-c2cnc(NCc3cccc(Cl)c3Cl)nn2)cc1Cl. The summed E-state index contributed by atoms with van der Waals surface area (Å²) in [6.45, 7) is 0.830. The van der Waals surface area contributed by atoms with Gasteiger partial charge in [-0.1, -0.05) is 151 Å². The van der Waals surface area contributed by atoms with E-state index in [-0.39, 0.29) is 53.9 Å². The van der Waals surface area contributed by atoms with Crippen molar-refractivity contribution in [1.29, 1.82) is 0 Å². The lowest BCUT2D eigenvalue weighted by Gasteiger charge is -2.08. The Balaban J connectivity index is 0.000000439. The summed E-state index contributed by atoms with van der Waals surface area (Å²) < 4.78 is 0. The van der Waals surface area contributed by atoms with Gasteiger partial charge in [0.2, 0.25) is 11.1 Å². The van der Waals surface area contributed by atoms with Crippen molar-refractivity contribution in [2.24, 2.45) is 5.73 Å². The van der Waals surface area contributed by atoms with Crippen molar-refractivity contribution >= 4 is 111 Å². The highest BCUT2D eigenvalue weighted by atomic mass is 35.5. The van der Waals surface area contributed by atoms with Crippen molar-refractivity contribution in [3.8, 4) is 34.0 Å². The van der Waals surface area contributed by atoms with Gasteiger partial charge in [0.05, 0.1) is 52.6 Å². The van der Waals surface area contributed by atoms with Crippen molar-refractivity contribution in [3.05, 3.63) is 124 Å². The van der Waals surface area contributed by atoms with E-state index in [9.17, 15) is 10.2 Å². The molecule has 0 radical (unpaired) electrons. The first-order valence-corrected chi connectivity index (χ1v) is 18.7. The number of halogens is 8. The molecule has 0 aliphatic carbocycles. The smallest absolute Gasteiger partial charge is 0.242 e. The molecule has 0 amide bonds. The van der Waals surface area contributed by atoms with Crippen LogP contribution in [-0.4, -0.2) is 46.8 Å². The van der Waals surface area contributed by atoms with Gasteiger partial charge in [-0.2, -0.15) is 0 Å². The number of hydrogen-bond donors (Lipinski definition) is 4. The van der Waals surface area contributed by atoms with Crippen LogP contribution in [0.25, 0.3) is 22.5 Å². The zero-order chi connectivity index (χ0) is 37.9. The van der Waals surface area contributed by atoms with E-state index in [4.69, 9.17) is 98.5 Å². The first-order valence-electron chi connectivity index (χ1n) is 14.4. The number of nitrogens with two attached hydrogens (primary N) is 1. The minimum absolute atomic E-state index is 0. The fourth-order valence-corrected chi connectivity index (χ4v) is 6.01. The zero-order valence-electron chi connectivity index (χ0n) is 26.4. The number of aromatic hydroxyl groups is 2. The summed E-state index contributed by atoms with van der Waals surface area (Å²) in [6.07, 6.45) is 4.97.